The third-order valence-corrected chi connectivity index (χ3v) is 2.68. The second-order valence-corrected chi connectivity index (χ2v) is 4.06. The van der Waals surface area contributed by atoms with Gasteiger partial charge < -0.3 is 0 Å². The summed E-state index contributed by atoms with van der Waals surface area (Å²) in [5.41, 5.74) is 0. The molecule has 0 atom stereocenters. The van der Waals surface area contributed by atoms with Crippen molar-refractivity contribution >= 4 is 11.8 Å². The van der Waals surface area contributed by atoms with Crippen LogP contribution in [-0.2, 0) is 7.05 Å². The Bertz CT molecular complexity index is 527. The van der Waals surface area contributed by atoms with Gasteiger partial charge >= 0.3 is 0 Å². The maximum atomic E-state index is 13.2. The van der Waals surface area contributed by atoms with Gasteiger partial charge in [-0.25, -0.2) is 13.8 Å². The van der Waals surface area contributed by atoms with Crippen LogP contribution in [0.5, 0.6) is 0 Å². The highest BCUT2D eigenvalue weighted by Crippen LogP contribution is 2.28. The molecule has 7 heteroatoms. The molecule has 3 nitrogen and oxygen atoms in total. The van der Waals surface area contributed by atoms with E-state index in [1.54, 1.807) is 13.2 Å². The molecule has 0 unspecified atom stereocenters. The summed E-state index contributed by atoms with van der Waals surface area (Å²) in [4.78, 5) is 3.78. The molecule has 16 heavy (non-hydrogen) atoms. The van der Waals surface area contributed by atoms with Gasteiger partial charge in [0.15, 0.2) is 11.6 Å². The summed E-state index contributed by atoms with van der Waals surface area (Å²) in [6.07, 6.45) is 3.10. The minimum atomic E-state index is -1.31. The molecule has 0 radical (unpaired) electrons. The fraction of sp³-hybridized carbons (Fsp3) is 0.111. The predicted molar refractivity (Wildman–Crippen MR) is 51.4 cm³/mol. The third kappa shape index (κ3) is 2.19. The van der Waals surface area contributed by atoms with Gasteiger partial charge in [-0.15, -0.1) is 0 Å². The lowest BCUT2D eigenvalue weighted by molar-refractivity contribution is 0.448. The van der Waals surface area contributed by atoms with Crippen LogP contribution < -0.4 is 0 Å². The van der Waals surface area contributed by atoms with Gasteiger partial charge in [-0.3, -0.25) is 4.68 Å². The van der Waals surface area contributed by atoms with E-state index in [0.29, 0.717) is 11.0 Å². The Morgan fingerprint density at radius 2 is 2.00 bits per heavy atom. The molecular weight excluding hydrogens is 239 g/mol. The van der Waals surface area contributed by atoms with Crippen molar-refractivity contribution in [3.8, 4) is 0 Å². The molecule has 0 N–H and O–H groups in total. The highest BCUT2D eigenvalue weighted by molar-refractivity contribution is 7.99. The number of hydrogen-bond acceptors (Lipinski definition) is 3. The Labute approximate surface area is 93.3 Å². The highest BCUT2D eigenvalue weighted by atomic mass is 32.2. The number of halogens is 3. The van der Waals surface area contributed by atoms with Crippen molar-refractivity contribution in [1.29, 1.82) is 0 Å². The van der Waals surface area contributed by atoms with E-state index in [-0.39, 0.29) is 5.03 Å². The summed E-state index contributed by atoms with van der Waals surface area (Å²) in [6, 6.07) is 0.473. The highest BCUT2D eigenvalue weighted by Gasteiger charge is 2.13. The van der Waals surface area contributed by atoms with E-state index in [0.717, 1.165) is 11.8 Å². The SMILES string of the molecule is Cn1cc(Sc2nc(F)c(F)cc2F)cn1. The van der Waals surface area contributed by atoms with E-state index in [9.17, 15) is 13.2 Å². The maximum Gasteiger partial charge on any atom is 0.250 e. The average Bonchev–Trinajstić information content (AvgIpc) is 2.60. The monoisotopic (exact) mass is 245 g/mol. The van der Waals surface area contributed by atoms with Gasteiger partial charge in [-0.2, -0.15) is 9.49 Å². The molecule has 0 aliphatic carbocycles. The normalized spacial score (nSPS) is 10.8. The van der Waals surface area contributed by atoms with Gasteiger partial charge in [-0.05, 0) is 0 Å². The van der Waals surface area contributed by atoms with Crippen molar-refractivity contribution in [1.82, 2.24) is 14.8 Å². The molecule has 0 saturated carbocycles. The molecule has 2 rings (SSSR count). The van der Waals surface area contributed by atoms with Crippen LogP contribution >= 0.6 is 11.8 Å². The van der Waals surface area contributed by atoms with Gasteiger partial charge in [0.1, 0.15) is 5.03 Å². The molecule has 84 valence electrons. The number of rotatable bonds is 2. The molecule has 2 aromatic heterocycles. The van der Waals surface area contributed by atoms with Crippen LogP contribution in [0.3, 0.4) is 0 Å². The Morgan fingerprint density at radius 1 is 1.25 bits per heavy atom. The van der Waals surface area contributed by atoms with E-state index >= 15 is 0 Å². The smallest absolute Gasteiger partial charge is 0.250 e. The standard InChI is InChI=1S/C9H6F3N3S/c1-15-4-5(3-13-15)16-9-7(11)2-6(10)8(12)14-9/h2-4H,1H3. The third-order valence-electron chi connectivity index (χ3n) is 1.75. The molecular formula is C9H6F3N3S. The minimum absolute atomic E-state index is 0.216. The van der Waals surface area contributed by atoms with Crippen LogP contribution in [0.1, 0.15) is 0 Å². The van der Waals surface area contributed by atoms with Crippen molar-refractivity contribution in [3.05, 3.63) is 36.0 Å². The lowest BCUT2D eigenvalue weighted by Gasteiger charge is -2.00. The van der Waals surface area contributed by atoms with E-state index in [1.807, 2.05) is 0 Å². The van der Waals surface area contributed by atoms with Gasteiger partial charge in [0, 0.05) is 19.3 Å². The number of aryl methyl sites for hydroxylation is 1. The Morgan fingerprint density at radius 3 is 2.62 bits per heavy atom. The van der Waals surface area contributed by atoms with Gasteiger partial charge in [0.05, 0.1) is 11.1 Å². The molecule has 2 heterocycles. The Balaban J connectivity index is 2.31. The average molecular weight is 245 g/mol. The molecule has 0 amide bonds. The molecule has 0 saturated heterocycles. The fourth-order valence-corrected chi connectivity index (χ4v) is 1.87. The predicted octanol–water partition coefficient (Wildman–Crippen LogP) is 2.38. The van der Waals surface area contributed by atoms with Crippen molar-refractivity contribution in [2.75, 3.05) is 0 Å². The van der Waals surface area contributed by atoms with E-state index in [2.05, 4.69) is 10.1 Å². The number of pyridine rings is 1. The summed E-state index contributed by atoms with van der Waals surface area (Å²) in [7, 11) is 1.69. The zero-order valence-electron chi connectivity index (χ0n) is 8.12. The topological polar surface area (TPSA) is 30.7 Å². The van der Waals surface area contributed by atoms with Gasteiger partial charge in [-0.1, -0.05) is 11.8 Å². The first kappa shape index (κ1) is 11.0. The summed E-state index contributed by atoms with van der Waals surface area (Å²) < 4.78 is 40.1. The fourth-order valence-electron chi connectivity index (χ4n) is 1.06. The first-order chi connectivity index (χ1) is 7.56. The van der Waals surface area contributed by atoms with E-state index < -0.39 is 17.6 Å². The molecule has 0 aliphatic heterocycles. The molecule has 0 bridgehead atoms. The van der Waals surface area contributed by atoms with Crippen LogP contribution in [-0.4, -0.2) is 14.8 Å². The number of hydrogen-bond donors (Lipinski definition) is 0. The Kier molecular flexibility index (Phi) is 2.86. The van der Waals surface area contributed by atoms with Crippen molar-refractivity contribution in [2.45, 2.75) is 9.92 Å². The van der Waals surface area contributed by atoms with Crippen LogP contribution in [0.15, 0.2) is 28.4 Å². The lowest BCUT2D eigenvalue weighted by Crippen LogP contribution is -1.95. The molecule has 0 spiro atoms. The minimum Gasteiger partial charge on any atom is -0.275 e. The van der Waals surface area contributed by atoms with Crippen LogP contribution in [0.4, 0.5) is 13.2 Å². The van der Waals surface area contributed by atoms with Gasteiger partial charge in [0.2, 0.25) is 5.95 Å². The summed E-state index contributed by atoms with van der Waals surface area (Å²) in [6.45, 7) is 0. The first-order valence-electron chi connectivity index (χ1n) is 4.24. The largest absolute Gasteiger partial charge is 0.275 e. The summed E-state index contributed by atoms with van der Waals surface area (Å²) >= 11 is 0.882. The lowest BCUT2D eigenvalue weighted by atomic mass is 10.4. The van der Waals surface area contributed by atoms with E-state index in [4.69, 9.17) is 0 Å². The van der Waals surface area contributed by atoms with Crippen molar-refractivity contribution in [2.24, 2.45) is 7.05 Å². The molecule has 0 aliphatic rings. The van der Waals surface area contributed by atoms with Crippen molar-refractivity contribution in [3.63, 3.8) is 0 Å². The molecule has 0 aromatic carbocycles. The second kappa shape index (κ2) is 4.17. The molecule has 0 fully saturated rings. The quantitative estimate of drug-likeness (QED) is 0.761. The van der Waals surface area contributed by atoms with Crippen LogP contribution in [0.2, 0.25) is 0 Å². The zero-order valence-corrected chi connectivity index (χ0v) is 8.93. The number of nitrogens with zero attached hydrogens (tertiary/aromatic N) is 3. The maximum absolute atomic E-state index is 13.2. The second-order valence-electron chi connectivity index (χ2n) is 3.00. The summed E-state index contributed by atoms with van der Waals surface area (Å²) in [5.74, 6) is -3.51. The first-order valence-corrected chi connectivity index (χ1v) is 5.06. The zero-order chi connectivity index (χ0) is 11.7. The van der Waals surface area contributed by atoms with Crippen molar-refractivity contribution < 1.29 is 13.2 Å². The Hall–Kier alpha value is -1.50. The van der Waals surface area contributed by atoms with E-state index in [1.165, 1.54) is 10.9 Å². The van der Waals surface area contributed by atoms with Crippen LogP contribution in [0, 0.1) is 17.6 Å². The number of aromatic nitrogens is 3. The van der Waals surface area contributed by atoms with Gasteiger partial charge in [0.25, 0.3) is 0 Å². The molecule has 2 aromatic rings. The van der Waals surface area contributed by atoms with Crippen LogP contribution in [0.25, 0.3) is 0 Å². The summed E-state index contributed by atoms with van der Waals surface area (Å²) in [5, 5.41) is 3.64.